The van der Waals surface area contributed by atoms with E-state index in [2.05, 4.69) is 10.6 Å². The molecule has 0 radical (unpaired) electrons. The van der Waals surface area contributed by atoms with E-state index in [4.69, 9.17) is 14.2 Å². The normalized spacial score (nSPS) is 10.9. The van der Waals surface area contributed by atoms with Crippen molar-refractivity contribution in [2.75, 3.05) is 24.9 Å². The summed E-state index contributed by atoms with van der Waals surface area (Å²) >= 11 is 0. The summed E-state index contributed by atoms with van der Waals surface area (Å²) < 4.78 is 54.6. The van der Waals surface area contributed by atoms with Gasteiger partial charge < -0.3 is 24.8 Å². The molecule has 31 heavy (non-hydrogen) atoms. The Hall–Kier alpha value is -3.88. The minimum absolute atomic E-state index is 0.103. The molecule has 0 aliphatic carbocycles. The quantitative estimate of drug-likeness (QED) is 0.490. The Bertz CT molecular complexity index is 1040. The Morgan fingerprint density at radius 1 is 0.774 bits per heavy atom. The first kappa shape index (κ1) is 21.8. The van der Waals surface area contributed by atoms with Gasteiger partial charge in [0.25, 0.3) is 0 Å². The maximum Gasteiger partial charge on any atom is 0.416 e. The van der Waals surface area contributed by atoms with Gasteiger partial charge in [-0.25, -0.2) is 4.79 Å². The van der Waals surface area contributed by atoms with E-state index in [0.29, 0.717) is 22.9 Å². The van der Waals surface area contributed by atoms with Crippen molar-refractivity contribution in [1.29, 1.82) is 0 Å². The van der Waals surface area contributed by atoms with E-state index in [1.807, 2.05) is 0 Å². The zero-order valence-electron chi connectivity index (χ0n) is 16.6. The monoisotopic (exact) mass is 432 g/mol. The standard InChI is InChI=1S/C22H19F3N2O4/c1-29-16-8-10-18(11-9-16)31-17-6-4-15(5-7-17)26-21(28)27-19-13-14(22(23,24)25)3-12-20(19)30-2/h3-13H,1-2H3,(H2,26,27,28). The van der Waals surface area contributed by atoms with Gasteiger partial charge in [-0.05, 0) is 66.7 Å². The molecular formula is C22H19F3N2O4. The third-order valence-corrected chi connectivity index (χ3v) is 4.18. The van der Waals surface area contributed by atoms with Crippen molar-refractivity contribution >= 4 is 17.4 Å². The number of carbonyl (C=O) groups is 1. The molecule has 0 aromatic heterocycles. The highest BCUT2D eigenvalue weighted by atomic mass is 19.4. The second-order valence-electron chi connectivity index (χ2n) is 6.29. The van der Waals surface area contributed by atoms with Gasteiger partial charge in [0.05, 0.1) is 25.5 Å². The van der Waals surface area contributed by atoms with Gasteiger partial charge >= 0.3 is 12.2 Å². The molecule has 0 saturated carbocycles. The van der Waals surface area contributed by atoms with Crippen LogP contribution in [0.4, 0.5) is 29.3 Å². The van der Waals surface area contributed by atoms with Gasteiger partial charge in [-0.2, -0.15) is 13.2 Å². The first-order valence-corrected chi connectivity index (χ1v) is 9.03. The van der Waals surface area contributed by atoms with Crippen LogP contribution in [0.5, 0.6) is 23.0 Å². The number of nitrogens with one attached hydrogen (secondary N) is 2. The van der Waals surface area contributed by atoms with Gasteiger partial charge in [0.2, 0.25) is 0 Å². The molecule has 0 fully saturated rings. The lowest BCUT2D eigenvalue weighted by Crippen LogP contribution is -2.20. The molecule has 0 unspecified atom stereocenters. The van der Waals surface area contributed by atoms with Crippen LogP contribution in [0.15, 0.2) is 66.7 Å². The number of carbonyl (C=O) groups excluding carboxylic acids is 1. The molecule has 0 heterocycles. The van der Waals surface area contributed by atoms with E-state index in [9.17, 15) is 18.0 Å². The molecule has 0 aliphatic heterocycles. The molecule has 2 amide bonds. The zero-order valence-corrected chi connectivity index (χ0v) is 16.6. The predicted molar refractivity (Wildman–Crippen MR) is 110 cm³/mol. The highest BCUT2D eigenvalue weighted by Gasteiger charge is 2.31. The number of ether oxygens (including phenoxy) is 3. The third kappa shape index (κ3) is 5.81. The smallest absolute Gasteiger partial charge is 0.416 e. The molecule has 3 aromatic rings. The first-order valence-electron chi connectivity index (χ1n) is 9.03. The average Bonchev–Trinajstić information content (AvgIpc) is 2.75. The van der Waals surface area contributed by atoms with Crippen LogP contribution >= 0.6 is 0 Å². The minimum Gasteiger partial charge on any atom is -0.497 e. The van der Waals surface area contributed by atoms with Crippen molar-refractivity contribution in [3.63, 3.8) is 0 Å². The summed E-state index contributed by atoms with van der Waals surface area (Å²) in [6, 6.07) is 15.6. The zero-order chi connectivity index (χ0) is 22.4. The van der Waals surface area contributed by atoms with Gasteiger partial charge in [0, 0.05) is 5.69 Å². The fraction of sp³-hybridized carbons (Fsp3) is 0.136. The lowest BCUT2D eigenvalue weighted by atomic mass is 10.2. The Balaban J connectivity index is 1.64. The molecule has 162 valence electrons. The van der Waals surface area contributed by atoms with Crippen molar-refractivity contribution in [2.45, 2.75) is 6.18 Å². The van der Waals surface area contributed by atoms with Gasteiger partial charge in [-0.3, -0.25) is 0 Å². The highest BCUT2D eigenvalue weighted by molar-refractivity contribution is 6.00. The fourth-order valence-electron chi connectivity index (χ4n) is 2.65. The number of hydrogen-bond donors (Lipinski definition) is 2. The summed E-state index contributed by atoms with van der Waals surface area (Å²) in [5, 5.41) is 4.92. The summed E-state index contributed by atoms with van der Waals surface area (Å²) in [6.07, 6.45) is -4.54. The van der Waals surface area contributed by atoms with E-state index >= 15 is 0 Å². The first-order chi connectivity index (χ1) is 14.8. The highest BCUT2D eigenvalue weighted by Crippen LogP contribution is 2.35. The van der Waals surface area contributed by atoms with Gasteiger partial charge in [0.1, 0.15) is 23.0 Å². The fourth-order valence-corrected chi connectivity index (χ4v) is 2.65. The van der Waals surface area contributed by atoms with E-state index in [-0.39, 0.29) is 11.4 Å². The van der Waals surface area contributed by atoms with Gasteiger partial charge in [-0.15, -0.1) is 0 Å². The number of amides is 2. The Morgan fingerprint density at radius 3 is 1.90 bits per heavy atom. The number of rotatable bonds is 6. The maximum absolute atomic E-state index is 12.9. The van der Waals surface area contributed by atoms with Crippen molar-refractivity contribution < 1.29 is 32.2 Å². The van der Waals surface area contributed by atoms with E-state index in [1.54, 1.807) is 55.6 Å². The topological polar surface area (TPSA) is 68.8 Å². The van der Waals surface area contributed by atoms with Crippen molar-refractivity contribution in [2.24, 2.45) is 0 Å². The number of hydrogen-bond acceptors (Lipinski definition) is 4. The minimum atomic E-state index is -4.54. The molecule has 3 aromatic carbocycles. The van der Waals surface area contributed by atoms with Crippen LogP contribution in [0.25, 0.3) is 0 Å². The second kappa shape index (κ2) is 9.29. The van der Waals surface area contributed by atoms with E-state index in [0.717, 1.165) is 18.2 Å². The van der Waals surface area contributed by atoms with Crippen LogP contribution in [-0.4, -0.2) is 20.3 Å². The Labute approximate surface area is 176 Å². The van der Waals surface area contributed by atoms with Crippen LogP contribution in [0.1, 0.15) is 5.56 Å². The SMILES string of the molecule is COc1ccc(Oc2ccc(NC(=O)Nc3cc(C(F)(F)F)ccc3OC)cc2)cc1. The number of anilines is 2. The van der Waals surface area contributed by atoms with Crippen LogP contribution in [0, 0.1) is 0 Å². The molecule has 9 heteroatoms. The number of urea groups is 1. The third-order valence-electron chi connectivity index (χ3n) is 4.18. The van der Waals surface area contributed by atoms with Crippen molar-refractivity contribution in [3.05, 3.63) is 72.3 Å². The van der Waals surface area contributed by atoms with Crippen LogP contribution in [0.3, 0.4) is 0 Å². The van der Waals surface area contributed by atoms with E-state index in [1.165, 1.54) is 7.11 Å². The summed E-state index contributed by atoms with van der Waals surface area (Å²) in [6.45, 7) is 0. The number of methoxy groups -OCH3 is 2. The molecule has 0 aliphatic rings. The maximum atomic E-state index is 12.9. The van der Waals surface area contributed by atoms with Gasteiger partial charge in [0.15, 0.2) is 0 Å². The summed E-state index contributed by atoms with van der Waals surface area (Å²) in [7, 11) is 2.87. The number of alkyl halides is 3. The lowest BCUT2D eigenvalue weighted by Gasteiger charge is -2.14. The summed E-state index contributed by atoms with van der Waals surface area (Å²) in [5.41, 5.74) is -0.580. The molecule has 0 bridgehead atoms. The molecular weight excluding hydrogens is 413 g/mol. The molecule has 0 atom stereocenters. The van der Waals surface area contributed by atoms with Crippen LogP contribution < -0.4 is 24.8 Å². The number of halogens is 3. The Kier molecular flexibility index (Phi) is 6.54. The lowest BCUT2D eigenvalue weighted by molar-refractivity contribution is -0.137. The van der Waals surface area contributed by atoms with Crippen LogP contribution in [0.2, 0.25) is 0 Å². The van der Waals surface area contributed by atoms with Gasteiger partial charge in [-0.1, -0.05) is 0 Å². The van der Waals surface area contributed by atoms with E-state index < -0.39 is 17.8 Å². The second-order valence-corrected chi connectivity index (χ2v) is 6.29. The summed E-state index contributed by atoms with van der Waals surface area (Å²) in [4.78, 5) is 12.2. The molecule has 0 spiro atoms. The Morgan fingerprint density at radius 2 is 1.35 bits per heavy atom. The predicted octanol–water partition coefficient (Wildman–Crippen LogP) is 6.16. The number of benzene rings is 3. The van der Waals surface area contributed by atoms with Crippen molar-refractivity contribution in [1.82, 2.24) is 0 Å². The molecule has 0 saturated heterocycles. The van der Waals surface area contributed by atoms with Crippen LogP contribution in [-0.2, 0) is 6.18 Å². The van der Waals surface area contributed by atoms with Crippen molar-refractivity contribution in [3.8, 4) is 23.0 Å². The largest absolute Gasteiger partial charge is 0.497 e. The molecule has 3 rings (SSSR count). The molecule has 6 nitrogen and oxygen atoms in total. The molecule has 2 N–H and O–H groups in total. The average molecular weight is 432 g/mol. The summed E-state index contributed by atoms with van der Waals surface area (Å²) in [5.74, 6) is 1.95.